The first-order valence-electron chi connectivity index (χ1n) is 11.0. The second-order valence-corrected chi connectivity index (χ2v) is 8.73. The molecule has 0 spiro atoms. The lowest BCUT2D eigenvalue weighted by Gasteiger charge is -2.34. The zero-order chi connectivity index (χ0) is 23.1. The maximum atomic E-state index is 13.9. The maximum absolute atomic E-state index is 13.9. The van der Waals surface area contributed by atoms with E-state index in [1.165, 1.54) is 12.3 Å². The van der Waals surface area contributed by atoms with Gasteiger partial charge in [0.15, 0.2) is 5.69 Å². The van der Waals surface area contributed by atoms with E-state index < -0.39 is 17.8 Å². The predicted molar refractivity (Wildman–Crippen MR) is 119 cm³/mol. The Balaban J connectivity index is 1.42. The van der Waals surface area contributed by atoms with Gasteiger partial charge in [-0.2, -0.15) is 0 Å². The molecule has 0 bridgehead atoms. The van der Waals surface area contributed by atoms with Crippen molar-refractivity contribution in [3.05, 3.63) is 47.4 Å². The highest BCUT2D eigenvalue weighted by Gasteiger charge is 2.22. The fourth-order valence-corrected chi connectivity index (χ4v) is 3.52. The fourth-order valence-electron chi connectivity index (χ4n) is 3.52. The standard InChI is InChI=1S/C23H33FN4O4/c1-16(2)13-31-14-18(29)11-27-6-8-28(9-7-27)12-22-25-21(15-32-22)23(30)26-20-10-17(3)4-5-19(20)24/h4-5,10,15-16,18,29H,6-9,11-14H2,1-3H3,(H,26,30). The molecule has 0 radical (unpaired) electrons. The van der Waals surface area contributed by atoms with E-state index in [4.69, 9.17) is 9.15 Å². The van der Waals surface area contributed by atoms with E-state index in [9.17, 15) is 14.3 Å². The number of hydrogen-bond acceptors (Lipinski definition) is 7. The van der Waals surface area contributed by atoms with Gasteiger partial charge in [0.1, 0.15) is 12.1 Å². The van der Waals surface area contributed by atoms with E-state index in [1.807, 2.05) is 6.92 Å². The Hall–Kier alpha value is -2.33. The average Bonchev–Trinajstić information content (AvgIpc) is 3.20. The van der Waals surface area contributed by atoms with Crippen molar-refractivity contribution in [2.24, 2.45) is 5.92 Å². The van der Waals surface area contributed by atoms with Gasteiger partial charge in [0.2, 0.25) is 5.89 Å². The lowest BCUT2D eigenvalue weighted by atomic mass is 10.2. The van der Waals surface area contributed by atoms with Crippen LogP contribution in [-0.2, 0) is 11.3 Å². The highest BCUT2D eigenvalue weighted by molar-refractivity contribution is 6.02. The number of anilines is 1. The van der Waals surface area contributed by atoms with Crippen LogP contribution in [0.15, 0.2) is 28.9 Å². The molecule has 1 amide bonds. The van der Waals surface area contributed by atoms with Gasteiger partial charge in [-0.1, -0.05) is 19.9 Å². The molecule has 1 aromatic carbocycles. The third-order valence-electron chi connectivity index (χ3n) is 5.21. The third-order valence-corrected chi connectivity index (χ3v) is 5.21. The number of piperazine rings is 1. The van der Waals surface area contributed by atoms with Gasteiger partial charge in [-0.05, 0) is 30.5 Å². The Morgan fingerprint density at radius 3 is 2.69 bits per heavy atom. The van der Waals surface area contributed by atoms with Crippen LogP contribution in [0.5, 0.6) is 0 Å². The molecule has 2 N–H and O–H groups in total. The number of oxazole rings is 1. The molecule has 9 heteroatoms. The second-order valence-electron chi connectivity index (χ2n) is 8.73. The van der Waals surface area contributed by atoms with Gasteiger partial charge in [-0.3, -0.25) is 14.6 Å². The molecule has 32 heavy (non-hydrogen) atoms. The minimum Gasteiger partial charge on any atom is -0.447 e. The Morgan fingerprint density at radius 2 is 1.97 bits per heavy atom. The summed E-state index contributed by atoms with van der Waals surface area (Å²) in [5.41, 5.74) is 1.08. The van der Waals surface area contributed by atoms with E-state index in [2.05, 4.69) is 33.9 Å². The topological polar surface area (TPSA) is 91.1 Å². The van der Waals surface area contributed by atoms with Gasteiger partial charge in [0.25, 0.3) is 5.91 Å². The molecule has 1 aliphatic rings. The molecule has 0 aliphatic carbocycles. The van der Waals surface area contributed by atoms with Crippen LogP contribution in [0.2, 0.25) is 0 Å². The SMILES string of the molecule is Cc1ccc(F)c(NC(=O)c2coc(CN3CCN(CC(O)COCC(C)C)CC3)n2)c1. The predicted octanol–water partition coefficient (Wildman–Crippen LogP) is 2.53. The number of hydrogen-bond donors (Lipinski definition) is 2. The lowest BCUT2D eigenvalue weighted by Crippen LogP contribution is -2.48. The number of carbonyl (C=O) groups excluding carboxylic acids is 1. The summed E-state index contributed by atoms with van der Waals surface area (Å²) in [5, 5.41) is 12.7. The molecule has 1 aromatic heterocycles. The van der Waals surface area contributed by atoms with E-state index in [-0.39, 0.29) is 11.4 Å². The summed E-state index contributed by atoms with van der Waals surface area (Å²) in [7, 11) is 0. The first kappa shape index (κ1) is 24.3. The largest absolute Gasteiger partial charge is 0.447 e. The number of rotatable bonds is 10. The van der Waals surface area contributed by atoms with Gasteiger partial charge in [0, 0.05) is 39.3 Å². The molecule has 2 aromatic rings. The number of halogens is 1. The second kappa shape index (κ2) is 11.5. The van der Waals surface area contributed by atoms with Crippen molar-refractivity contribution < 1.29 is 23.4 Å². The smallest absolute Gasteiger partial charge is 0.277 e. The van der Waals surface area contributed by atoms with E-state index in [0.29, 0.717) is 38.1 Å². The van der Waals surface area contributed by atoms with Gasteiger partial charge in [0.05, 0.1) is 24.9 Å². The van der Waals surface area contributed by atoms with E-state index in [0.717, 1.165) is 31.7 Å². The first-order valence-corrected chi connectivity index (χ1v) is 11.0. The lowest BCUT2D eigenvalue weighted by molar-refractivity contribution is -0.000850. The number of amides is 1. The molecule has 176 valence electrons. The van der Waals surface area contributed by atoms with Crippen molar-refractivity contribution in [1.29, 1.82) is 0 Å². The van der Waals surface area contributed by atoms with Crippen molar-refractivity contribution in [1.82, 2.24) is 14.8 Å². The van der Waals surface area contributed by atoms with Crippen LogP contribution in [0.1, 0.15) is 35.8 Å². The van der Waals surface area contributed by atoms with Crippen LogP contribution in [0.3, 0.4) is 0 Å². The Labute approximate surface area is 188 Å². The Morgan fingerprint density at radius 1 is 1.25 bits per heavy atom. The normalized spacial score (nSPS) is 16.4. The number of ether oxygens (including phenoxy) is 1. The van der Waals surface area contributed by atoms with E-state index in [1.54, 1.807) is 12.1 Å². The van der Waals surface area contributed by atoms with Crippen LogP contribution in [0, 0.1) is 18.7 Å². The number of nitrogens with zero attached hydrogens (tertiary/aromatic N) is 3. The van der Waals surface area contributed by atoms with Crippen molar-refractivity contribution in [3.8, 4) is 0 Å². The zero-order valence-corrected chi connectivity index (χ0v) is 19.0. The molecule has 1 aliphatic heterocycles. The number of aliphatic hydroxyl groups is 1. The zero-order valence-electron chi connectivity index (χ0n) is 19.0. The van der Waals surface area contributed by atoms with Crippen LogP contribution >= 0.6 is 0 Å². The van der Waals surface area contributed by atoms with Crippen LogP contribution in [-0.4, -0.2) is 77.8 Å². The van der Waals surface area contributed by atoms with Crippen molar-refractivity contribution >= 4 is 11.6 Å². The monoisotopic (exact) mass is 448 g/mol. The molecule has 2 heterocycles. The number of aryl methyl sites for hydroxylation is 1. The quantitative estimate of drug-likeness (QED) is 0.577. The van der Waals surface area contributed by atoms with Gasteiger partial charge >= 0.3 is 0 Å². The highest BCUT2D eigenvalue weighted by atomic mass is 19.1. The molecule has 0 saturated carbocycles. The van der Waals surface area contributed by atoms with Crippen molar-refractivity contribution in [3.63, 3.8) is 0 Å². The molecule has 1 fully saturated rings. The molecule has 1 atom stereocenters. The number of nitrogens with one attached hydrogen (secondary N) is 1. The summed E-state index contributed by atoms with van der Waals surface area (Å²) in [5.74, 6) is -0.114. The minimum absolute atomic E-state index is 0.115. The van der Waals surface area contributed by atoms with Crippen molar-refractivity contribution in [2.45, 2.75) is 33.4 Å². The van der Waals surface area contributed by atoms with Crippen LogP contribution < -0.4 is 5.32 Å². The number of aliphatic hydroxyl groups excluding tert-OH is 1. The Bertz CT molecular complexity index is 881. The minimum atomic E-state index is -0.511. The van der Waals surface area contributed by atoms with E-state index >= 15 is 0 Å². The molecule has 8 nitrogen and oxygen atoms in total. The summed E-state index contributed by atoms with van der Waals surface area (Å²) in [6.07, 6.45) is 0.800. The average molecular weight is 449 g/mol. The van der Waals surface area contributed by atoms with Gasteiger partial charge < -0.3 is 19.6 Å². The molecule has 1 unspecified atom stereocenters. The molecule has 3 rings (SSSR count). The van der Waals surface area contributed by atoms with Gasteiger partial charge in [-0.15, -0.1) is 0 Å². The summed E-state index contributed by atoms with van der Waals surface area (Å²) in [6, 6.07) is 4.53. The molecular formula is C23H33FN4O4. The first-order chi connectivity index (χ1) is 15.3. The van der Waals surface area contributed by atoms with Crippen molar-refractivity contribution in [2.75, 3.05) is 51.3 Å². The fraction of sp³-hybridized carbons (Fsp3) is 0.565. The Kier molecular flexibility index (Phi) is 8.75. The molecular weight excluding hydrogens is 415 g/mol. The van der Waals surface area contributed by atoms with Crippen LogP contribution in [0.4, 0.5) is 10.1 Å². The summed E-state index contributed by atoms with van der Waals surface area (Å²) in [4.78, 5) is 21.0. The molecule has 1 saturated heterocycles. The maximum Gasteiger partial charge on any atom is 0.277 e. The number of carbonyl (C=O) groups is 1. The number of β-amino-alcohol motifs (C(OH)–C–C–N with tert-alkyl or cyclic N) is 1. The highest BCUT2D eigenvalue weighted by Crippen LogP contribution is 2.17. The number of aromatic nitrogens is 1. The van der Waals surface area contributed by atoms with Gasteiger partial charge in [-0.25, -0.2) is 9.37 Å². The summed E-state index contributed by atoms with van der Waals surface area (Å²) < 4.78 is 24.8. The third kappa shape index (κ3) is 7.37. The summed E-state index contributed by atoms with van der Waals surface area (Å²) in [6.45, 7) is 11.3. The van der Waals surface area contributed by atoms with Crippen LogP contribution in [0.25, 0.3) is 0 Å². The summed E-state index contributed by atoms with van der Waals surface area (Å²) >= 11 is 0. The number of benzene rings is 1.